The second-order valence-electron chi connectivity index (χ2n) is 7.95. The van der Waals surface area contributed by atoms with Gasteiger partial charge in [-0.2, -0.15) is 0 Å². The van der Waals surface area contributed by atoms with E-state index < -0.39 is 0 Å². The van der Waals surface area contributed by atoms with Gasteiger partial charge >= 0.3 is 5.63 Å². The number of likely N-dealkylation sites (N-methyl/N-ethyl adjacent to an activating group) is 1. The van der Waals surface area contributed by atoms with E-state index in [1.807, 2.05) is 54.9 Å². The third kappa shape index (κ3) is 3.19. The normalized spacial score (nSPS) is 15.5. The highest BCUT2D eigenvalue weighted by atomic mass is 16.4. The predicted octanol–water partition coefficient (Wildman–Crippen LogP) is 3.48. The zero-order valence-corrected chi connectivity index (χ0v) is 17.0. The fourth-order valence-electron chi connectivity index (χ4n) is 4.14. The van der Waals surface area contributed by atoms with Crippen LogP contribution >= 0.6 is 0 Å². The topological polar surface area (TPSA) is 54.0 Å². The van der Waals surface area contributed by atoms with Crippen LogP contribution in [-0.4, -0.2) is 47.5 Å². The molecule has 6 heteroatoms. The minimum Gasteiger partial charge on any atom is -0.422 e. The maximum atomic E-state index is 12.8. The van der Waals surface area contributed by atoms with Crippen LogP contribution in [0.3, 0.4) is 0 Å². The molecule has 1 saturated heterocycles. The molecule has 5 rings (SSSR count). The van der Waals surface area contributed by atoms with E-state index in [0.29, 0.717) is 11.1 Å². The summed E-state index contributed by atoms with van der Waals surface area (Å²) in [6.07, 6.45) is 3.97. The minimum absolute atomic E-state index is 0.297. The third-order valence-corrected chi connectivity index (χ3v) is 5.79. The summed E-state index contributed by atoms with van der Waals surface area (Å²) in [7, 11) is 2.14. The standard InChI is InChI=1S/C23H24N4O2/c1-15-13-27-14-18(10-21(27)16(2)24-15)22-11-17-4-5-19(12-20(17)23(28)29-22)26-8-6-25(3)7-9-26/h4-5,10-14H,6-9H2,1-3H3. The van der Waals surface area contributed by atoms with Crippen molar-refractivity contribution >= 4 is 22.0 Å². The van der Waals surface area contributed by atoms with Gasteiger partial charge in [0, 0.05) is 49.8 Å². The van der Waals surface area contributed by atoms with Crippen molar-refractivity contribution < 1.29 is 4.42 Å². The summed E-state index contributed by atoms with van der Waals surface area (Å²) >= 11 is 0. The number of anilines is 1. The van der Waals surface area contributed by atoms with Gasteiger partial charge in [-0.15, -0.1) is 0 Å². The molecule has 0 unspecified atom stereocenters. The van der Waals surface area contributed by atoms with E-state index in [9.17, 15) is 4.79 Å². The number of fused-ring (bicyclic) bond motifs is 2. The monoisotopic (exact) mass is 388 g/mol. The summed E-state index contributed by atoms with van der Waals surface area (Å²) in [6, 6.07) is 10.1. The molecule has 1 aliphatic rings. The first-order chi connectivity index (χ1) is 14.0. The average Bonchev–Trinajstić information content (AvgIpc) is 3.13. The molecule has 0 aliphatic carbocycles. The Balaban J connectivity index is 1.56. The van der Waals surface area contributed by atoms with Crippen molar-refractivity contribution in [1.29, 1.82) is 0 Å². The van der Waals surface area contributed by atoms with E-state index in [1.54, 1.807) is 0 Å². The van der Waals surface area contributed by atoms with Gasteiger partial charge in [0.2, 0.25) is 0 Å². The van der Waals surface area contributed by atoms with E-state index >= 15 is 0 Å². The largest absolute Gasteiger partial charge is 0.422 e. The minimum atomic E-state index is -0.297. The summed E-state index contributed by atoms with van der Waals surface area (Å²) in [5, 5.41) is 1.53. The number of hydrogen-bond acceptors (Lipinski definition) is 5. The summed E-state index contributed by atoms with van der Waals surface area (Å²) in [6.45, 7) is 7.96. The Morgan fingerprint density at radius 2 is 1.79 bits per heavy atom. The molecule has 1 aromatic carbocycles. The van der Waals surface area contributed by atoms with Gasteiger partial charge in [-0.05, 0) is 50.5 Å². The van der Waals surface area contributed by atoms with Crippen LogP contribution in [0.4, 0.5) is 5.69 Å². The Morgan fingerprint density at radius 1 is 1.00 bits per heavy atom. The van der Waals surface area contributed by atoms with Gasteiger partial charge in [-0.25, -0.2) is 4.79 Å². The van der Waals surface area contributed by atoms with Crippen LogP contribution in [0, 0.1) is 13.8 Å². The quantitative estimate of drug-likeness (QED) is 0.526. The van der Waals surface area contributed by atoms with Gasteiger partial charge in [0.25, 0.3) is 0 Å². The van der Waals surface area contributed by atoms with Crippen LogP contribution in [0.1, 0.15) is 11.4 Å². The molecule has 0 spiro atoms. The molecule has 3 aromatic heterocycles. The SMILES string of the molecule is Cc1cn2cc(-c3cc4ccc(N5CCN(C)CC5)cc4c(=O)o3)cc2c(C)n1. The molecule has 6 nitrogen and oxygen atoms in total. The van der Waals surface area contributed by atoms with Crippen molar-refractivity contribution in [2.75, 3.05) is 38.1 Å². The number of aryl methyl sites for hydroxylation is 2. The van der Waals surface area contributed by atoms with E-state index in [0.717, 1.165) is 59.7 Å². The molecule has 1 aliphatic heterocycles. The number of rotatable bonds is 2. The molecule has 148 valence electrons. The zero-order chi connectivity index (χ0) is 20.1. The molecular weight excluding hydrogens is 364 g/mol. The van der Waals surface area contributed by atoms with Crippen LogP contribution in [0.5, 0.6) is 0 Å². The van der Waals surface area contributed by atoms with Gasteiger partial charge in [-0.3, -0.25) is 4.98 Å². The molecule has 4 aromatic rings. The Kier molecular flexibility index (Phi) is 4.17. The van der Waals surface area contributed by atoms with Gasteiger partial charge < -0.3 is 18.6 Å². The molecule has 0 saturated carbocycles. The van der Waals surface area contributed by atoms with Crippen LogP contribution in [0.15, 0.2) is 51.9 Å². The van der Waals surface area contributed by atoms with Crippen LogP contribution in [0.25, 0.3) is 27.6 Å². The van der Waals surface area contributed by atoms with Gasteiger partial charge in [-0.1, -0.05) is 6.07 Å². The number of aromatic nitrogens is 2. The summed E-state index contributed by atoms with van der Waals surface area (Å²) < 4.78 is 7.75. The zero-order valence-electron chi connectivity index (χ0n) is 17.0. The second-order valence-corrected chi connectivity index (χ2v) is 7.95. The first-order valence-corrected chi connectivity index (χ1v) is 9.96. The number of hydrogen-bond donors (Lipinski definition) is 0. The second kappa shape index (κ2) is 6.74. The molecule has 0 bridgehead atoms. The maximum absolute atomic E-state index is 12.8. The van der Waals surface area contributed by atoms with Crippen molar-refractivity contribution in [2.24, 2.45) is 0 Å². The summed E-state index contributed by atoms with van der Waals surface area (Å²) in [5.41, 5.74) is 4.58. The average molecular weight is 388 g/mol. The van der Waals surface area contributed by atoms with Crippen molar-refractivity contribution in [2.45, 2.75) is 13.8 Å². The molecule has 0 radical (unpaired) electrons. The predicted molar refractivity (Wildman–Crippen MR) is 116 cm³/mol. The van der Waals surface area contributed by atoms with Gasteiger partial charge in [0.05, 0.1) is 22.3 Å². The lowest BCUT2D eigenvalue weighted by Crippen LogP contribution is -2.44. The Morgan fingerprint density at radius 3 is 2.59 bits per heavy atom. The van der Waals surface area contributed by atoms with Crippen LogP contribution < -0.4 is 10.5 Å². The summed E-state index contributed by atoms with van der Waals surface area (Å²) in [4.78, 5) is 21.9. The highest BCUT2D eigenvalue weighted by Crippen LogP contribution is 2.28. The maximum Gasteiger partial charge on any atom is 0.344 e. The van der Waals surface area contributed by atoms with E-state index in [2.05, 4.69) is 27.9 Å². The lowest BCUT2D eigenvalue weighted by atomic mass is 10.1. The first-order valence-electron chi connectivity index (χ1n) is 9.96. The Labute approximate surface area is 169 Å². The molecule has 0 amide bonds. The molecule has 0 N–H and O–H groups in total. The van der Waals surface area contributed by atoms with E-state index in [4.69, 9.17) is 4.42 Å². The lowest BCUT2D eigenvalue weighted by Gasteiger charge is -2.34. The van der Waals surface area contributed by atoms with Gasteiger partial charge in [0.1, 0.15) is 5.76 Å². The van der Waals surface area contributed by atoms with E-state index in [1.165, 1.54) is 0 Å². The molecule has 0 atom stereocenters. The number of piperazine rings is 1. The molecule has 4 heterocycles. The number of nitrogens with zero attached hydrogens (tertiary/aromatic N) is 4. The fraction of sp³-hybridized carbons (Fsp3) is 0.304. The van der Waals surface area contributed by atoms with Crippen molar-refractivity contribution in [3.63, 3.8) is 0 Å². The number of benzene rings is 1. The van der Waals surface area contributed by atoms with Crippen LogP contribution in [-0.2, 0) is 0 Å². The highest BCUT2D eigenvalue weighted by Gasteiger charge is 2.16. The van der Waals surface area contributed by atoms with Crippen molar-refractivity contribution in [3.05, 3.63) is 64.5 Å². The van der Waals surface area contributed by atoms with Crippen LogP contribution in [0.2, 0.25) is 0 Å². The lowest BCUT2D eigenvalue weighted by molar-refractivity contribution is 0.313. The molecule has 29 heavy (non-hydrogen) atoms. The molecule has 1 fully saturated rings. The summed E-state index contributed by atoms with van der Waals surface area (Å²) in [5.74, 6) is 0.579. The fourth-order valence-corrected chi connectivity index (χ4v) is 4.14. The first kappa shape index (κ1) is 17.9. The highest BCUT2D eigenvalue weighted by molar-refractivity contribution is 5.87. The van der Waals surface area contributed by atoms with E-state index in [-0.39, 0.29) is 5.63 Å². The Hall–Kier alpha value is -3.12. The van der Waals surface area contributed by atoms with Crippen molar-refractivity contribution in [3.8, 4) is 11.3 Å². The smallest absolute Gasteiger partial charge is 0.344 e. The van der Waals surface area contributed by atoms with Crippen molar-refractivity contribution in [1.82, 2.24) is 14.3 Å². The third-order valence-electron chi connectivity index (χ3n) is 5.79. The Bertz CT molecular complexity index is 1280. The van der Waals surface area contributed by atoms with Gasteiger partial charge in [0.15, 0.2) is 0 Å². The molecular formula is C23H24N4O2.